The summed E-state index contributed by atoms with van der Waals surface area (Å²) in [6.45, 7) is 2.57. The Balaban J connectivity index is 1.44. The van der Waals surface area contributed by atoms with E-state index in [0.29, 0.717) is 5.69 Å². The molecule has 2 aromatic carbocycles. The first-order valence-electron chi connectivity index (χ1n) is 9.98. The van der Waals surface area contributed by atoms with Crippen LogP contribution < -0.4 is 4.74 Å². The lowest BCUT2D eigenvalue weighted by atomic mass is 10.2. The van der Waals surface area contributed by atoms with E-state index in [9.17, 15) is 18.3 Å². The zero-order chi connectivity index (χ0) is 22.9. The standard InChI is InChI=1S/C22H23N3O5S2/c1-15-3-8-19(26)20(13-15)32(28,29)25-11-9-24(10-12-25)22(27)18-14-31-21(23-18)16-4-6-17(30-2)7-5-16/h3-8,13-14,26H,9-12H2,1-2H3. The quantitative estimate of drug-likeness (QED) is 0.612. The van der Waals surface area contributed by atoms with E-state index < -0.39 is 10.0 Å². The van der Waals surface area contributed by atoms with Crippen molar-refractivity contribution in [1.82, 2.24) is 14.2 Å². The molecule has 0 bridgehead atoms. The Bertz CT molecular complexity index is 1230. The number of aromatic nitrogens is 1. The van der Waals surface area contributed by atoms with E-state index in [-0.39, 0.29) is 42.7 Å². The van der Waals surface area contributed by atoms with Gasteiger partial charge in [-0.1, -0.05) is 6.07 Å². The largest absolute Gasteiger partial charge is 0.507 e. The van der Waals surface area contributed by atoms with Crippen molar-refractivity contribution in [3.05, 3.63) is 59.1 Å². The molecule has 0 aliphatic carbocycles. The van der Waals surface area contributed by atoms with Crippen LogP contribution in [0.2, 0.25) is 0 Å². The normalized spacial score (nSPS) is 15.0. The fourth-order valence-electron chi connectivity index (χ4n) is 3.50. The van der Waals surface area contributed by atoms with Crippen LogP contribution in [0.4, 0.5) is 0 Å². The van der Waals surface area contributed by atoms with Gasteiger partial charge in [0.25, 0.3) is 5.91 Å². The fraction of sp³-hybridized carbons (Fsp3) is 0.273. The topological polar surface area (TPSA) is 100 Å². The highest BCUT2D eigenvalue weighted by molar-refractivity contribution is 7.89. The van der Waals surface area contributed by atoms with Crippen LogP contribution in [-0.2, 0) is 10.0 Å². The van der Waals surface area contributed by atoms with Crippen LogP contribution in [0.15, 0.2) is 52.7 Å². The molecule has 1 amide bonds. The third-order valence-corrected chi connectivity index (χ3v) is 8.14. The first-order chi connectivity index (χ1) is 15.3. The number of hydrogen-bond donors (Lipinski definition) is 1. The number of hydrogen-bond acceptors (Lipinski definition) is 7. The van der Waals surface area contributed by atoms with Crippen molar-refractivity contribution in [2.24, 2.45) is 0 Å². The predicted molar refractivity (Wildman–Crippen MR) is 122 cm³/mol. The number of aryl methyl sites for hydroxylation is 1. The summed E-state index contributed by atoms with van der Waals surface area (Å²) in [7, 11) is -2.24. The Morgan fingerprint density at radius 3 is 2.44 bits per heavy atom. The van der Waals surface area contributed by atoms with Gasteiger partial charge in [-0.15, -0.1) is 11.3 Å². The number of sulfonamides is 1. The molecule has 0 unspecified atom stereocenters. The van der Waals surface area contributed by atoms with E-state index in [2.05, 4.69) is 4.98 Å². The molecule has 3 aromatic rings. The first-order valence-corrected chi connectivity index (χ1v) is 12.3. The van der Waals surface area contributed by atoms with Crippen LogP contribution in [0.5, 0.6) is 11.5 Å². The van der Waals surface area contributed by atoms with E-state index in [1.54, 1.807) is 30.4 Å². The van der Waals surface area contributed by atoms with Gasteiger partial charge in [-0.2, -0.15) is 4.31 Å². The molecular weight excluding hydrogens is 450 g/mol. The van der Waals surface area contributed by atoms with Gasteiger partial charge in [-0.3, -0.25) is 4.79 Å². The molecule has 0 atom stereocenters. The predicted octanol–water partition coefficient (Wildman–Crippen LogP) is 2.98. The van der Waals surface area contributed by atoms with Crippen LogP contribution in [0.1, 0.15) is 16.1 Å². The van der Waals surface area contributed by atoms with Crippen molar-refractivity contribution in [1.29, 1.82) is 0 Å². The maximum Gasteiger partial charge on any atom is 0.273 e. The number of carbonyl (C=O) groups is 1. The van der Waals surface area contributed by atoms with Gasteiger partial charge in [-0.05, 0) is 48.9 Å². The summed E-state index contributed by atoms with van der Waals surface area (Å²) in [6, 6.07) is 11.9. The minimum absolute atomic E-state index is 0.110. The van der Waals surface area contributed by atoms with Crippen molar-refractivity contribution < 1.29 is 23.1 Å². The van der Waals surface area contributed by atoms with Gasteiger partial charge in [0.2, 0.25) is 10.0 Å². The van der Waals surface area contributed by atoms with Gasteiger partial charge in [0.1, 0.15) is 27.1 Å². The molecule has 4 rings (SSSR count). The van der Waals surface area contributed by atoms with E-state index >= 15 is 0 Å². The van der Waals surface area contributed by atoms with Gasteiger partial charge >= 0.3 is 0 Å². The Hall–Kier alpha value is -2.95. The zero-order valence-corrected chi connectivity index (χ0v) is 19.3. The maximum atomic E-state index is 13.0. The molecule has 1 aliphatic heterocycles. The minimum atomic E-state index is -3.85. The summed E-state index contributed by atoms with van der Waals surface area (Å²) in [4.78, 5) is 18.9. The van der Waals surface area contributed by atoms with Crippen molar-refractivity contribution in [3.8, 4) is 22.1 Å². The smallest absolute Gasteiger partial charge is 0.273 e. The number of carbonyl (C=O) groups excluding carboxylic acids is 1. The van der Waals surface area contributed by atoms with Gasteiger partial charge in [0, 0.05) is 37.1 Å². The molecule has 0 radical (unpaired) electrons. The maximum absolute atomic E-state index is 13.0. The SMILES string of the molecule is COc1ccc(-c2nc(C(=O)N3CCN(S(=O)(=O)c4cc(C)ccc4O)CC3)cs2)cc1. The Kier molecular flexibility index (Phi) is 6.18. The number of rotatable bonds is 5. The summed E-state index contributed by atoms with van der Waals surface area (Å²) in [5, 5.41) is 12.5. The second-order valence-corrected chi connectivity index (χ2v) is 10.2. The van der Waals surface area contributed by atoms with Gasteiger partial charge < -0.3 is 14.7 Å². The fourth-order valence-corrected chi connectivity index (χ4v) is 5.89. The second-order valence-electron chi connectivity index (χ2n) is 7.43. The Morgan fingerprint density at radius 2 is 1.78 bits per heavy atom. The number of aromatic hydroxyl groups is 1. The molecule has 1 fully saturated rings. The highest BCUT2D eigenvalue weighted by Gasteiger charge is 2.32. The highest BCUT2D eigenvalue weighted by Crippen LogP contribution is 2.29. The highest BCUT2D eigenvalue weighted by atomic mass is 32.2. The summed E-state index contributed by atoms with van der Waals surface area (Å²) in [5.41, 5.74) is 1.98. The third-order valence-electron chi connectivity index (χ3n) is 5.32. The molecule has 2 heterocycles. The van der Waals surface area contributed by atoms with E-state index in [4.69, 9.17) is 4.74 Å². The van der Waals surface area contributed by atoms with Crippen LogP contribution in [-0.4, -0.2) is 66.9 Å². The Labute approximate surface area is 190 Å². The van der Waals surface area contributed by atoms with E-state index in [1.165, 1.54) is 27.8 Å². The summed E-state index contributed by atoms with van der Waals surface area (Å²) >= 11 is 1.38. The number of nitrogens with zero attached hydrogens (tertiary/aromatic N) is 3. The van der Waals surface area contributed by atoms with Crippen molar-refractivity contribution in [2.45, 2.75) is 11.8 Å². The molecule has 168 valence electrons. The molecule has 1 aromatic heterocycles. The van der Waals surface area contributed by atoms with Crippen molar-refractivity contribution >= 4 is 27.3 Å². The number of phenols is 1. The molecule has 1 aliphatic rings. The average Bonchev–Trinajstić information content (AvgIpc) is 3.30. The van der Waals surface area contributed by atoms with Gasteiger partial charge in [0.05, 0.1) is 7.11 Å². The number of methoxy groups -OCH3 is 1. The zero-order valence-electron chi connectivity index (χ0n) is 17.7. The Morgan fingerprint density at radius 1 is 1.09 bits per heavy atom. The lowest BCUT2D eigenvalue weighted by Gasteiger charge is -2.33. The van der Waals surface area contributed by atoms with Crippen LogP contribution in [0.3, 0.4) is 0 Å². The molecule has 8 nitrogen and oxygen atoms in total. The second kappa shape index (κ2) is 8.89. The number of piperazine rings is 1. The lowest BCUT2D eigenvalue weighted by Crippen LogP contribution is -2.50. The molecular formula is C22H23N3O5S2. The number of amides is 1. The summed E-state index contributed by atoms with van der Waals surface area (Å²) in [5.74, 6) is 0.243. The number of phenolic OH excluding ortho intramolecular Hbond substituents is 1. The van der Waals surface area contributed by atoms with Crippen molar-refractivity contribution in [3.63, 3.8) is 0 Å². The summed E-state index contributed by atoms with van der Waals surface area (Å²) < 4.78 is 32.4. The van der Waals surface area contributed by atoms with Crippen LogP contribution in [0.25, 0.3) is 10.6 Å². The molecule has 10 heteroatoms. The number of ether oxygens (including phenoxy) is 1. The minimum Gasteiger partial charge on any atom is -0.507 e. The van der Waals surface area contributed by atoms with Crippen LogP contribution in [0, 0.1) is 6.92 Å². The molecule has 1 N–H and O–H groups in total. The number of benzene rings is 2. The third kappa shape index (κ3) is 4.34. The molecule has 32 heavy (non-hydrogen) atoms. The molecule has 0 spiro atoms. The molecule has 1 saturated heterocycles. The van der Waals surface area contributed by atoms with E-state index in [0.717, 1.165) is 21.9 Å². The first kappa shape index (κ1) is 22.3. The average molecular weight is 474 g/mol. The van der Waals surface area contributed by atoms with Gasteiger partial charge in [-0.25, -0.2) is 13.4 Å². The number of thiazole rings is 1. The molecule has 0 saturated carbocycles. The van der Waals surface area contributed by atoms with Crippen molar-refractivity contribution in [2.75, 3.05) is 33.3 Å². The van der Waals surface area contributed by atoms with Crippen LogP contribution >= 0.6 is 11.3 Å². The lowest BCUT2D eigenvalue weighted by molar-refractivity contribution is 0.0692. The van der Waals surface area contributed by atoms with Gasteiger partial charge in [0.15, 0.2) is 0 Å². The monoisotopic (exact) mass is 473 g/mol. The van der Waals surface area contributed by atoms with E-state index in [1.807, 2.05) is 24.3 Å². The summed E-state index contributed by atoms with van der Waals surface area (Å²) in [6.07, 6.45) is 0.